The zero-order valence-electron chi connectivity index (χ0n) is 9.15. The lowest BCUT2D eigenvalue weighted by Crippen LogP contribution is -2.10. The molecule has 0 radical (unpaired) electrons. The van der Waals surface area contributed by atoms with Crippen molar-refractivity contribution in [3.05, 3.63) is 34.9 Å². The van der Waals surface area contributed by atoms with Crippen LogP contribution in [0.25, 0.3) is 0 Å². The predicted octanol–water partition coefficient (Wildman–Crippen LogP) is 3.01. The number of hydrogen-bond donors (Lipinski definition) is 0. The molecule has 0 N–H and O–H groups in total. The van der Waals surface area contributed by atoms with Crippen LogP contribution < -0.4 is 0 Å². The van der Waals surface area contributed by atoms with Gasteiger partial charge >= 0.3 is 0 Å². The molecule has 0 aliphatic carbocycles. The van der Waals surface area contributed by atoms with E-state index in [0.717, 1.165) is 10.8 Å². The Morgan fingerprint density at radius 1 is 1.25 bits per heavy atom. The van der Waals surface area contributed by atoms with Gasteiger partial charge in [-0.2, -0.15) is 11.8 Å². The van der Waals surface area contributed by atoms with Crippen LogP contribution >= 0.6 is 23.4 Å². The van der Waals surface area contributed by atoms with E-state index < -0.39 is 9.84 Å². The van der Waals surface area contributed by atoms with Gasteiger partial charge in [0.15, 0.2) is 9.84 Å². The van der Waals surface area contributed by atoms with Crippen molar-refractivity contribution in [1.82, 2.24) is 0 Å². The summed E-state index contributed by atoms with van der Waals surface area (Å²) in [6, 6.07) is 7.62. The minimum Gasteiger partial charge on any atom is -0.229 e. The maximum atomic E-state index is 11.2. The molecular formula is C11H15ClO2S2. The summed E-state index contributed by atoms with van der Waals surface area (Å²) in [5.41, 5.74) is 1.17. The van der Waals surface area contributed by atoms with E-state index in [4.69, 9.17) is 11.6 Å². The van der Waals surface area contributed by atoms with Crippen molar-refractivity contribution in [2.45, 2.75) is 12.7 Å². The van der Waals surface area contributed by atoms with Crippen molar-refractivity contribution in [2.75, 3.05) is 17.3 Å². The molecule has 0 aromatic heterocycles. The molecule has 0 atom stereocenters. The SMILES string of the molecule is CCS(=O)(=O)CCSCc1ccc(Cl)cc1. The molecule has 0 heterocycles. The molecule has 16 heavy (non-hydrogen) atoms. The molecule has 1 aromatic rings. The summed E-state index contributed by atoms with van der Waals surface area (Å²) >= 11 is 7.40. The van der Waals surface area contributed by atoms with Gasteiger partial charge in [0, 0.05) is 22.3 Å². The molecule has 0 saturated heterocycles. The van der Waals surface area contributed by atoms with Gasteiger partial charge < -0.3 is 0 Å². The first-order valence-corrected chi connectivity index (χ1v) is 8.41. The Labute approximate surface area is 106 Å². The van der Waals surface area contributed by atoms with E-state index in [1.54, 1.807) is 18.7 Å². The number of halogens is 1. The van der Waals surface area contributed by atoms with Gasteiger partial charge in [-0.05, 0) is 17.7 Å². The van der Waals surface area contributed by atoms with Crippen LogP contribution in [0.5, 0.6) is 0 Å². The third-order valence-electron chi connectivity index (χ3n) is 2.16. The fraction of sp³-hybridized carbons (Fsp3) is 0.455. The minimum absolute atomic E-state index is 0.231. The average Bonchev–Trinajstić information content (AvgIpc) is 2.27. The molecule has 0 unspecified atom stereocenters. The van der Waals surface area contributed by atoms with Crippen molar-refractivity contribution in [3.8, 4) is 0 Å². The second-order valence-corrected chi connectivity index (χ2v) is 7.43. The molecule has 2 nitrogen and oxygen atoms in total. The Hall–Kier alpha value is -0.190. The fourth-order valence-corrected chi connectivity index (χ4v) is 3.58. The molecule has 0 fully saturated rings. The molecule has 0 aliphatic rings. The molecular weight excluding hydrogens is 264 g/mol. The monoisotopic (exact) mass is 278 g/mol. The van der Waals surface area contributed by atoms with Gasteiger partial charge in [-0.25, -0.2) is 8.42 Å². The number of sulfone groups is 1. The molecule has 5 heteroatoms. The molecule has 0 amide bonds. The summed E-state index contributed by atoms with van der Waals surface area (Å²) < 4.78 is 22.4. The van der Waals surface area contributed by atoms with Crippen LogP contribution in [0.2, 0.25) is 5.02 Å². The lowest BCUT2D eigenvalue weighted by Gasteiger charge is -2.02. The fourth-order valence-electron chi connectivity index (χ4n) is 1.10. The van der Waals surface area contributed by atoms with E-state index in [1.807, 2.05) is 24.3 Å². The van der Waals surface area contributed by atoms with E-state index in [-0.39, 0.29) is 11.5 Å². The van der Waals surface area contributed by atoms with Gasteiger partial charge in [-0.3, -0.25) is 0 Å². The van der Waals surface area contributed by atoms with Crippen LogP contribution in [0.15, 0.2) is 24.3 Å². The van der Waals surface area contributed by atoms with Gasteiger partial charge in [0.25, 0.3) is 0 Å². The Morgan fingerprint density at radius 2 is 1.88 bits per heavy atom. The van der Waals surface area contributed by atoms with Crippen molar-refractivity contribution >= 4 is 33.2 Å². The summed E-state index contributed by atoms with van der Waals surface area (Å²) in [4.78, 5) is 0. The van der Waals surface area contributed by atoms with E-state index in [9.17, 15) is 8.42 Å². The van der Waals surface area contributed by atoms with Crippen LogP contribution in [0, 0.1) is 0 Å². The van der Waals surface area contributed by atoms with E-state index >= 15 is 0 Å². The van der Waals surface area contributed by atoms with Crippen molar-refractivity contribution in [2.24, 2.45) is 0 Å². The number of rotatable bonds is 6. The number of hydrogen-bond acceptors (Lipinski definition) is 3. The van der Waals surface area contributed by atoms with Gasteiger partial charge in [0.05, 0.1) is 5.75 Å². The Kier molecular flexibility index (Phi) is 5.66. The van der Waals surface area contributed by atoms with Gasteiger partial charge in [0.1, 0.15) is 0 Å². The molecule has 90 valence electrons. The minimum atomic E-state index is -2.82. The maximum absolute atomic E-state index is 11.2. The average molecular weight is 279 g/mol. The normalized spacial score (nSPS) is 11.6. The number of thioether (sulfide) groups is 1. The zero-order valence-corrected chi connectivity index (χ0v) is 11.5. The highest BCUT2D eigenvalue weighted by atomic mass is 35.5. The first kappa shape index (κ1) is 13.9. The number of benzene rings is 1. The summed E-state index contributed by atoms with van der Waals surface area (Å²) in [6.45, 7) is 1.68. The summed E-state index contributed by atoms with van der Waals surface area (Å²) in [6.07, 6.45) is 0. The molecule has 0 bridgehead atoms. The quantitative estimate of drug-likeness (QED) is 0.750. The zero-order chi connectivity index (χ0) is 12.0. The largest absolute Gasteiger partial charge is 0.229 e. The smallest absolute Gasteiger partial charge is 0.150 e. The lowest BCUT2D eigenvalue weighted by molar-refractivity contribution is 0.599. The van der Waals surface area contributed by atoms with Gasteiger partial charge in [-0.1, -0.05) is 30.7 Å². The highest BCUT2D eigenvalue weighted by Crippen LogP contribution is 2.15. The van der Waals surface area contributed by atoms with E-state index in [2.05, 4.69) is 0 Å². The van der Waals surface area contributed by atoms with Crippen molar-refractivity contribution < 1.29 is 8.42 Å². The summed E-state index contributed by atoms with van der Waals surface area (Å²) in [7, 11) is -2.82. The predicted molar refractivity (Wildman–Crippen MR) is 71.9 cm³/mol. The first-order valence-electron chi connectivity index (χ1n) is 5.06. The van der Waals surface area contributed by atoms with Crippen molar-refractivity contribution in [1.29, 1.82) is 0 Å². The second kappa shape index (κ2) is 6.52. The molecule has 1 aromatic carbocycles. The second-order valence-electron chi connectivity index (χ2n) is 3.42. The summed E-state index contributed by atoms with van der Waals surface area (Å²) in [5.74, 6) is 1.98. The van der Waals surface area contributed by atoms with Crippen LogP contribution in [-0.2, 0) is 15.6 Å². The van der Waals surface area contributed by atoms with Crippen LogP contribution in [0.1, 0.15) is 12.5 Å². The third kappa shape index (κ3) is 5.23. The summed E-state index contributed by atoms with van der Waals surface area (Å²) in [5, 5.41) is 0.724. The van der Waals surface area contributed by atoms with E-state index in [1.165, 1.54) is 5.56 Å². The Balaban J connectivity index is 2.29. The molecule has 0 spiro atoms. The van der Waals surface area contributed by atoms with Crippen LogP contribution in [0.3, 0.4) is 0 Å². The highest BCUT2D eigenvalue weighted by molar-refractivity contribution is 8.00. The molecule has 0 aliphatic heterocycles. The Morgan fingerprint density at radius 3 is 2.44 bits per heavy atom. The highest BCUT2D eigenvalue weighted by Gasteiger charge is 2.06. The lowest BCUT2D eigenvalue weighted by atomic mass is 10.2. The van der Waals surface area contributed by atoms with E-state index in [0.29, 0.717) is 5.75 Å². The van der Waals surface area contributed by atoms with Crippen LogP contribution in [0.4, 0.5) is 0 Å². The third-order valence-corrected chi connectivity index (χ3v) is 5.41. The topological polar surface area (TPSA) is 34.1 Å². The van der Waals surface area contributed by atoms with Crippen LogP contribution in [-0.4, -0.2) is 25.7 Å². The Bertz CT molecular complexity index is 412. The maximum Gasteiger partial charge on any atom is 0.150 e. The first-order chi connectivity index (χ1) is 7.53. The standard InChI is InChI=1S/C11H15ClO2S2/c1-2-16(13,14)8-7-15-9-10-3-5-11(12)6-4-10/h3-6H,2,7-9H2,1H3. The van der Waals surface area contributed by atoms with Crippen molar-refractivity contribution in [3.63, 3.8) is 0 Å². The molecule has 1 rings (SSSR count). The molecule has 0 saturated carbocycles. The van der Waals surface area contributed by atoms with Gasteiger partial charge in [0.2, 0.25) is 0 Å². The van der Waals surface area contributed by atoms with Gasteiger partial charge in [-0.15, -0.1) is 0 Å².